The summed E-state index contributed by atoms with van der Waals surface area (Å²) in [6.07, 6.45) is 7.37. The van der Waals surface area contributed by atoms with Crippen LogP contribution in [0.2, 0.25) is 0 Å². The van der Waals surface area contributed by atoms with Crippen molar-refractivity contribution in [2.45, 2.75) is 51.7 Å². The maximum absolute atomic E-state index is 12.1. The summed E-state index contributed by atoms with van der Waals surface area (Å²) in [7, 11) is 0. The number of nitrogens with one attached hydrogen (secondary N) is 1. The number of rotatable bonds is 7. The molecule has 0 bridgehead atoms. The summed E-state index contributed by atoms with van der Waals surface area (Å²) >= 11 is 0. The third-order valence-corrected chi connectivity index (χ3v) is 5.05. The highest BCUT2D eigenvalue weighted by atomic mass is 16.2. The van der Waals surface area contributed by atoms with E-state index < -0.39 is 0 Å². The second-order valence-corrected chi connectivity index (χ2v) is 6.86. The minimum absolute atomic E-state index is 0.00588. The molecule has 2 aliphatic rings. The molecule has 1 saturated heterocycles. The topological polar surface area (TPSA) is 53.4 Å². The summed E-state index contributed by atoms with van der Waals surface area (Å²) in [5.41, 5.74) is 0. The van der Waals surface area contributed by atoms with Gasteiger partial charge in [-0.3, -0.25) is 9.69 Å². The Morgan fingerprint density at radius 1 is 1.30 bits per heavy atom. The van der Waals surface area contributed by atoms with Crippen LogP contribution in [0.1, 0.15) is 32.0 Å². The minimum Gasteiger partial charge on any atom is -0.352 e. The van der Waals surface area contributed by atoms with E-state index in [2.05, 4.69) is 24.7 Å². The Morgan fingerprint density at radius 3 is 2.65 bits per heavy atom. The molecule has 2 fully saturated rings. The van der Waals surface area contributed by atoms with Gasteiger partial charge in [0.1, 0.15) is 5.82 Å². The molecule has 6 nitrogen and oxygen atoms in total. The molecule has 23 heavy (non-hydrogen) atoms. The van der Waals surface area contributed by atoms with Crippen LogP contribution in [0.3, 0.4) is 0 Å². The van der Waals surface area contributed by atoms with Crippen LogP contribution in [0.25, 0.3) is 0 Å². The summed E-state index contributed by atoms with van der Waals surface area (Å²) in [6.45, 7) is 10.3. The predicted molar refractivity (Wildman–Crippen MR) is 90.2 cm³/mol. The Labute approximate surface area is 138 Å². The maximum atomic E-state index is 12.1. The molecule has 1 aromatic heterocycles. The zero-order chi connectivity index (χ0) is 16.2. The van der Waals surface area contributed by atoms with Gasteiger partial charge in [0.15, 0.2) is 0 Å². The van der Waals surface area contributed by atoms with Crippen LogP contribution >= 0.6 is 0 Å². The number of hydrogen-bond donors (Lipinski definition) is 1. The molecule has 1 aliphatic carbocycles. The standard InChI is InChI=1S/C17H29N5O/c1-14(17(23)19-16-4-5-16)21-12-10-20(11-13-21)7-3-8-22-9-6-18-15(22)2/h6,9,14,16H,3-5,7-8,10-13H2,1-2H3,(H,19,23). The van der Waals surface area contributed by atoms with Crippen molar-refractivity contribution in [3.63, 3.8) is 0 Å². The van der Waals surface area contributed by atoms with Crippen molar-refractivity contribution in [1.82, 2.24) is 24.7 Å². The second kappa shape index (κ2) is 7.45. The van der Waals surface area contributed by atoms with E-state index in [1.807, 2.05) is 26.2 Å². The molecule has 1 amide bonds. The van der Waals surface area contributed by atoms with Gasteiger partial charge in [0.05, 0.1) is 6.04 Å². The van der Waals surface area contributed by atoms with E-state index in [9.17, 15) is 4.79 Å². The molecule has 0 spiro atoms. The number of amides is 1. The molecule has 1 N–H and O–H groups in total. The highest BCUT2D eigenvalue weighted by Crippen LogP contribution is 2.19. The first-order chi connectivity index (χ1) is 11.1. The van der Waals surface area contributed by atoms with Crippen LogP contribution in [0.4, 0.5) is 0 Å². The fourth-order valence-corrected chi connectivity index (χ4v) is 3.19. The fourth-order valence-electron chi connectivity index (χ4n) is 3.19. The van der Waals surface area contributed by atoms with Gasteiger partial charge in [0.25, 0.3) is 0 Å². The van der Waals surface area contributed by atoms with Crippen molar-refractivity contribution < 1.29 is 4.79 Å². The number of carbonyl (C=O) groups is 1. The average molecular weight is 319 g/mol. The van der Waals surface area contributed by atoms with Crippen LogP contribution in [0, 0.1) is 6.92 Å². The largest absolute Gasteiger partial charge is 0.352 e. The lowest BCUT2D eigenvalue weighted by Crippen LogP contribution is -2.54. The monoisotopic (exact) mass is 319 g/mol. The highest BCUT2D eigenvalue weighted by Gasteiger charge is 2.29. The number of aromatic nitrogens is 2. The van der Waals surface area contributed by atoms with Gasteiger partial charge < -0.3 is 14.8 Å². The van der Waals surface area contributed by atoms with Gasteiger partial charge in [0.2, 0.25) is 5.91 Å². The molecule has 1 unspecified atom stereocenters. The fraction of sp³-hybridized carbons (Fsp3) is 0.765. The molecular weight excluding hydrogens is 290 g/mol. The lowest BCUT2D eigenvalue weighted by molar-refractivity contribution is -0.126. The third-order valence-electron chi connectivity index (χ3n) is 5.05. The molecule has 1 saturated carbocycles. The van der Waals surface area contributed by atoms with Crippen molar-refractivity contribution in [2.75, 3.05) is 32.7 Å². The first-order valence-electron chi connectivity index (χ1n) is 8.88. The maximum Gasteiger partial charge on any atom is 0.237 e. The molecule has 128 valence electrons. The number of imidazole rings is 1. The van der Waals surface area contributed by atoms with E-state index in [0.717, 1.165) is 64.4 Å². The van der Waals surface area contributed by atoms with Gasteiger partial charge in [-0.05, 0) is 39.7 Å². The molecule has 0 aromatic carbocycles. The van der Waals surface area contributed by atoms with Gasteiger partial charge in [-0.25, -0.2) is 4.98 Å². The van der Waals surface area contributed by atoms with Crippen molar-refractivity contribution in [1.29, 1.82) is 0 Å². The van der Waals surface area contributed by atoms with Gasteiger partial charge in [-0.15, -0.1) is 0 Å². The van der Waals surface area contributed by atoms with Crippen LogP contribution in [-0.2, 0) is 11.3 Å². The second-order valence-electron chi connectivity index (χ2n) is 6.86. The van der Waals surface area contributed by atoms with Crippen LogP contribution in [0.15, 0.2) is 12.4 Å². The number of aryl methyl sites for hydroxylation is 2. The summed E-state index contributed by atoms with van der Waals surface area (Å²) in [4.78, 5) is 21.2. The van der Waals surface area contributed by atoms with Crippen LogP contribution in [0.5, 0.6) is 0 Å². The Kier molecular flexibility index (Phi) is 5.33. The van der Waals surface area contributed by atoms with E-state index >= 15 is 0 Å². The number of nitrogens with zero attached hydrogens (tertiary/aromatic N) is 4. The molecule has 6 heteroatoms. The van der Waals surface area contributed by atoms with Crippen molar-refractivity contribution in [3.8, 4) is 0 Å². The van der Waals surface area contributed by atoms with Gasteiger partial charge >= 0.3 is 0 Å². The smallest absolute Gasteiger partial charge is 0.237 e. The molecule has 3 rings (SSSR count). The SMILES string of the molecule is Cc1nccn1CCCN1CCN(C(C)C(=O)NC2CC2)CC1. The molecule has 0 radical (unpaired) electrons. The van der Waals surface area contributed by atoms with Crippen molar-refractivity contribution in [3.05, 3.63) is 18.2 Å². The summed E-state index contributed by atoms with van der Waals surface area (Å²) in [5.74, 6) is 1.29. The molecule has 1 aromatic rings. The normalized spacial score (nSPS) is 21.3. The molecule has 2 heterocycles. The Balaban J connectivity index is 1.34. The first-order valence-corrected chi connectivity index (χ1v) is 8.88. The summed E-state index contributed by atoms with van der Waals surface area (Å²) in [6, 6.07) is 0.462. The summed E-state index contributed by atoms with van der Waals surface area (Å²) in [5, 5.41) is 3.11. The zero-order valence-electron chi connectivity index (χ0n) is 14.4. The molecule has 1 aliphatic heterocycles. The van der Waals surface area contributed by atoms with Crippen molar-refractivity contribution >= 4 is 5.91 Å². The Morgan fingerprint density at radius 2 is 2.04 bits per heavy atom. The van der Waals surface area contributed by atoms with Gasteiger partial charge in [0, 0.05) is 51.2 Å². The highest BCUT2D eigenvalue weighted by molar-refractivity contribution is 5.81. The van der Waals surface area contributed by atoms with E-state index in [0.29, 0.717) is 6.04 Å². The van der Waals surface area contributed by atoms with Crippen LogP contribution in [-0.4, -0.2) is 70.1 Å². The lowest BCUT2D eigenvalue weighted by Gasteiger charge is -2.37. The lowest BCUT2D eigenvalue weighted by atomic mass is 10.2. The molecule has 1 atom stereocenters. The van der Waals surface area contributed by atoms with E-state index in [4.69, 9.17) is 0 Å². The number of carbonyl (C=O) groups excluding carboxylic acids is 1. The Bertz CT molecular complexity index is 517. The third kappa shape index (κ3) is 4.54. The van der Waals surface area contributed by atoms with E-state index in [1.165, 1.54) is 0 Å². The van der Waals surface area contributed by atoms with Crippen LogP contribution < -0.4 is 5.32 Å². The van der Waals surface area contributed by atoms with Gasteiger partial charge in [-0.2, -0.15) is 0 Å². The van der Waals surface area contributed by atoms with Gasteiger partial charge in [-0.1, -0.05) is 0 Å². The number of piperazine rings is 1. The van der Waals surface area contributed by atoms with E-state index in [-0.39, 0.29) is 11.9 Å². The zero-order valence-corrected chi connectivity index (χ0v) is 14.4. The average Bonchev–Trinajstić information content (AvgIpc) is 3.28. The Hall–Kier alpha value is -1.40. The predicted octanol–water partition coefficient (Wildman–Crippen LogP) is 0.866. The number of hydrogen-bond acceptors (Lipinski definition) is 4. The first kappa shape index (κ1) is 16.5. The van der Waals surface area contributed by atoms with E-state index in [1.54, 1.807) is 0 Å². The molecular formula is C17H29N5O. The van der Waals surface area contributed by atoms with Crippen molar-refractivity contribution in [2.24, 2.45) is 0 Å². The quantitative estimate of drug-likeness (QED) is 0.810. The minimum atomic E-state index is 0.00588. The summed E-state index contributed by atoms with van der Waals surface area (Å²) < 4.78 is 2.21.